The van der Waals surface area contributed by atoms with Crippen molar-refractivity contribution in [3.8, 4) is 0 Å². The Balaban J connectivity index is 1.64. The Morgan fingerprint density at radius 1 is 1.18 bits per heavy atom. The molecule has 1 aromatic heterocycles. The predicted octanol–water partition coefficient (Wildman–Crippen LogP) is 4.00. The molecule has 28 heavy (non-hydrogen) atoms. The summed E-state index contributed by atoms with van der Waals surface area (Å²) in [5.41, 5.74) is 1.67. The number of fused-ring (bicyclic) bond motifs is 1. The van der Waals surface area contributed by atoms with Crippen LogP contribution in [0.1, 0.15) is 10.4 Å². The molecule has 0 radical (unpaired) electrons. The summed E-state index contributed by atoms with van der Waals surface area (Å²) < 4.78 is 6.55. The van der Waals surface area contributed by atoms with Gasteiger partial charge in [-0.3, -0.25) is 14.6 Å². The summed E-state index contributed by atoms with van der Waals surface area (Å²) in [6.07, 6.45) is 2.05. The molecule has 146 valence electrons. The first kappa shape index (κ1) is 19.4. The van der Waals surface area contributed by atoms with E-state index in [0.29, 0.717) is 12.1 Å². The fraction of sp³-hybridized carbons (Fsp3) is 0.333. The Hall–Kier alpha value is -1.93. The Bertz CT molecular complexity index is 939. The van der Waals surface area contributed by atoms with Crippen molar-refractivity contribution in [1.29, 1.82) is 0 Å². The maximum Gasteiger partial charge on any atom is 0.260 e. The third kappa shape index (κ3) is 4.22. The summed E-state index contributed by atoms with van der Waals surface area (Å²) in [4.78, 5) is 23.5. The van der Waals surface area contributed by atoms with Crippen LogP contribution >= 0.6 is 23.1 Å². The highest BCUT2D eigenvalue weighted by atomic mass is 32.2. The van der Waals surface area contributed by atoms with Gasteiger partial charge >= 0.3 is 0 Å². The van der Waals surface area contributed by atoms with Crippen LogP contribution < -0.4 is 4.90 Å². The number of nitrogens with zero attached hydrogens (tertiary/aromatic N) is 3. The van der Waals surface area contributed by atoms with Crippen molar-refractivity contribution in [1.82, 2.24) is 9.88 Å². The number of para-hydroxylation sites is 1. The van der Waals surface area contributed by atoms with Gasteiger partial charge in [-0.15, -0.1) is 11.8 Å². The first-order chi connectivity index (χ1) is 13.8. The van der Waals surface area contributed by atoms with E-state index in [0.717, 1.165) is 53.1 Å². The lowest BCUT2D eigenvalue weighted by atomic mass is 10.2. The minimum atomic E-state index is -0.00128. The molecule has 1 amide bonds. The summed E-state index contributed by atoms with van der Waals surface area (Å²) in [5.74, 6) is -0.00128. The van der Waals surface area contributed by atoms with Crippen molar-refractivity contribution in [2.24, 2.45) is 0 Å². The number of hydrogen-bond donors (Lipinski definition) is 0. The van der Waals surface area contributed by atoms with Gasteiger partial charge in [0.2, 0.25) is 0 Å². The fourth-order valence-corrected chi connectivity index (χ4v) is 4.92. The molecule has 1 fully saturated rings. The molecule has 1 aliphatic rings. The summed E-state index contributed by atoms with van der Waals surface area (Å²) >= 11 is 3.26. The number of benzene rings is 2. The monoisotopic (exact) mass is 413 g/mol. The number of carbonyl (C=O) groups excluding carboxylic acids is 1. The zero-order valence-corrected chi connectivity index (χ0v) is 17.5. The molecule has 2 heterocycles. The number of thiazole rings is 1. The first-order valence-electron chi connectivity index (χ1n) is 9.37. The molecule has 1 saturated heterocycles. The van der Waals surface area contributed by atoms with E-state index in [4.69, 9.17) is 9.72 Å². The van der Waals surface area contributed by atoms with E-state index < -0.39 is 0 Å². The topological polar surface area (TPSA) is 45.7 Å². The molecule has 0 unspecified atom stereocenters. The van der Waals surface area contributed by atoms with Crippen molar-refractivity contribution in [3.63, 3.8) is 0 Å². The van der Waals surface area contributed by atoms with Gasteiger partial charge in [0.1, 0.15) is 0 Å². The van der Waals surface area contributed by atoms with Crippen molar-refractivity contribution in [2.75, 3.05) is 50.5 Å². The van der Waals surface area contributed by atoms with Gasteiger partial charge in [0.15, 0.2) is 5.13 Å². The van der Waals surface area contributed by atoms with Crippen LogP contribution in [0, 0.1) is 0 Å². The first-order valence-corrected chi connectivity index (χ1v) is 11.4. The highest BCUT2D eigenvalue weighted by Crippen LogP contribution is 2.34. The fourth-order valence-electron chi connectivity index (χ4n) is 3.28. The molecular formula is C21H23N3O2S2. The molecule has 0 bridgehead atoms. The number of aromatic nitrogens is 1. The molecule has 2 aromatic carbocycles. The molecule has 5 nitrogen and oxygen atoms in total. The Morgan fingerprint density at radius 3 is 2.71 bits per heavy atom. The van der Waals surface area contributed by atoms with Crippen LogP contribution in [0.2, 0.25) is 0 Å². The average Bonchev–Trinajstić information content (AvgIpc) is 3.19. The van der Waals surface area contributed by atoms with Crippen molar-refractivity contribution >= 4 is 44.4 Å². The van der Waals surface area contributed by atoms with Gasteiger partial charge in [-0.1, -0.05) is 35.6 Å². The number of ether oxygens (including phenoxy) is 1. The summed E-state index contributed by atoms with van der Waals surface area (Å²) in [6, 6.07) is 15.7. The summed E-state index contributed by atoms with van der Waals surface area (Å²) in [5, 5.41) is 0.763. The smallest absolute Gasteiger partial charge is 0.260 e. The second kappa shape index (κ2) is 9.05. The van der Waals surface area contributed by atoms with Crippen LogP contribution in [-0.4, -0.2) is 61.4 Å². The largest absolute Gasteiger partial charge is 0.379 e. The number of amides is 1. The maximum atomic E-state index is 13.3. The lowest BCUT2D eigenvalue weighted by Crippen LogP contribution is -2.43. The number of morpholine rings is 1. The minimum absolute atomic E-state index is 0.00128. The van der Waals surface area contributed by atoms with E-state index in [2.05, 4.69) is 23.3 Å². The number of thioether (sulfide) groups is 1. The van der Waals surface area contributed by atoms with E-state index in [9.17, 15) is 4.79 Å². The molecule has 0 N–H and O–H groups in total. The van der Waals surface area contributed by atoms with Gasteiger partial charge in [-0.25, -0.2) is 4.98 Å². The van der Waals surface area contributed by atoms with Gasteiger partial charge < -0.3 is 4.74 Å². The lowest BCUT2D eigenvalue weighted by Gasteiger charge is -2.29. The Labute approximate surface area is 173 Å². The van der Waals surface area contributed by atoms with E-state index in [1.54, 1.807) is 23.1 Å². The SMILES string of the molecule is CSc1cccc2sc(N(CCN3CCOCC3)C(=O)c3ccccc3)nc12. The zero-order chi connectivity index (χ0) is 19.3. The van der Waals surface area contributed by atoms with Crippen LogP contribution in [0.5, 0.6) is 0 Å². The number of anilines is 1. The molecule has 0 spiro atoms. The average molecular weight is 414 g/mol. The highest BCUT2D eigenvalue weighted by molar-refractivity contribution is 7.98. The van der Waals surface area contributed by atoms with Gasteiger partial charge in [0.05, 0.1) is 23.4 Å². The minimum Gasteiger partial charge on any atom is -0.379 e. The maximum absolute atomic E-state index is 13.3. The van der Waals surface area contributed by atoms with E-state index in [1.165, 1.54) is 0 Å². The molecule has 0 saturated carbocycles. The molecule has 0 atom stereocenters. The quantitative estimate of drug-likeness (QED) is 0.572. The van der Waals surface area contributed by atoms with E-state index in [1.807, 2.05) is 41.3 Å². The number of carbonyl (C=O) groups is 1. The number of hydrogen-bond acceptors (Lipinski definition) is 6. The Morgan fingerprint density at radius 2 is 1.96 bits per heavy atom. The second-order valence-corrected chi connectivity index (χ2v) is 8.44. The van der Waals surface area contributed by atoms with Crippen molar-refractivity contribution in [3.05, 3.63) is 54.1 Å². The highest BCUT2D eigenvalue weighted by Gasteiger charge is 2.23. The molecule has 1 aliphatic heterocycles. The second-order valence-electron chi connectivity index (χ2n) is 6.58. The van der Waals surface area contributed by atoms with Crippen LogP contribution in [-0.2, 0) is 4.74 Å². The van der Waals surface area contributed by atoms with Gasteiger partial charge in [0, 0.05) is 36.6 Å². The van der Waals surface area contributed by atoms with Crippen LogP contribution in [0.25, 0.3) is 10.2 Å². The van der Waals surface area contributed by atoms with Gasteiger partial charge in [0.25, 0.3) is 5.91 Å². The molecular weight excluding hydrogens is 390 g/mol. The summed E-state index contributed by atoms with van der Waals surface area (Å²) in [6.45, 7) is 4.75. The van der Waals surface area contributed by atoms with Gasteiger partial charge in [-0.05, 0) is 30.5 Å². The molecule has 7 heteroatoms. The standard InChI is InChI=1S/C21H23N3O2S2/c1-27-17-8-5-9-18-19(17)22-21(28-18)24(11-10-23-12-14-26-15-13-23)20(25)16-6-3-2-4-7-16/h2-9H,10-15H2,1H3. The lowest BCUT2D eigenvalue weighted by molar-refractivity contribution is 0.0391. The third-order valence-electron chi connectivity index (χ3n) is 4.83. The molecule has 0 aliphatic carbocycles. The third-order valence-corrected chi connectivity index (χ3v) is 6.64. The van der Waals surface area contributed by atoms with E-state index >= 15 is 0 Å². The van der Waals surface area contributed by atoms with Crippen LogP contribution in [0.3, 0.4) is 0 Å². The van der Waals surface area contributed by atoms with Crippen LogP contribution in [0.15, 0.2) is 53.4 Å². The van der Waals surface area contributed by atoms with Crippen LogP contribution in [0.4, 0.5) is 5.13 Å². The molecule has 3 aromatic rings. The zero-order valence-electron chi connectivity index (χ0n) is 15.8. The van der Waals surface area contributed by atoms with Crippen molar-refractivity contribution in [2.45, 2.75) is 4.90 Å². The van der Waals surface area contributed by atoms with Crippen molar-refractivity contribution < 1.29 is 9.53 Å². The Kier molecular flexibility index (Phi) is 6.26. The number of rotatable bonds is 6. The van der Waals surface area contributed by atoms with Gasteiger partial charge in [-0.2, -0.15) is 0 Å². The molecule has 4 rings (SSSR count). The normalized spacial score (nSPS) is 15.0. The summed E-state index contributed by atoms with van der Waals surface area (Å²) in [7, 11) is 0. The van der Waals surface area contributed by atoms with E-state index in [-0.39, 0.29) is 5.91 Å². The predicted molar refractivity (Wildman–Crippen MR) is 117 cm³/mol.